The van der Waals surface area contributed by atoms with Crippen LogP contribution in [0, 0.1) is 11.2 Å². The Morgan fingerprint density at radius 1 is 1.25 bits per heavy atom. The molecule has 148 valence electrons. The van der Waals surface area contributed by atoms with Crippen LogP contribution in [0.5, 0.6) is 0 Å². The summed E-state index contributed by atoms with van der Waals surface area (Å²) in [6.07, 6.45) is 0. The van der Waals surface area contributed by atoms with E-state index in [0.717, 1.165) is 0 Å². The molecule has 2 aromatic rings. The van der Waals surface area contributed by atoms with Gasteiger partial charge in [0, 0.05) is 12.1 Å². The molecular formula is C19H18ClFN2O4S. The van der Waals surface area contributed by atoms with Gasteiger partial charge in [-0.2, -0.15) is 0 Å². The number of carbonyl (C=O) groups is 2. The molecule has 1 aliphatic heterocycles. The van der Waals surface area contributed by atoms with Crippen LogP contribution >= 0.6 is 11.6 Å². The van der Waals surface area contributed by atoms with Gasteiger partial charge in [-0.05, 0) is 38.1 Å². The fourth-order valence-electron chi connectivity index (χ4n) is 2.99. The van der Waals surface area contributed by atoms with Gasteiger partial charge in [0.2, 0.25) is 15.9 Å². The number of nitrogens with zero attached hydrogens (tertiary/aromatic N) is 1. The molecule has 28 heavy (non-hydrogen) atoms. The Morgan fingerprint density at radius 3 is 2.54 bits per heavy atom. The molecule has 0 aliphatic carbocycles. The molecule has 0 spiro atoms. The Hall–Kier alpha value is -2.45. The Balaban J connectivity index is 1.89. The van der Waals surface area contributed by atoms with Crippen LogP contribution in [0.4, 0.5) is 10.1 Å². The third kappa shape index (κ3) is 3.74. The summed E-state index contributed by atoms with van der Waals surface area (Å²) < 4.78 is 39.3. The quantitative estimate of drug-likeness (QED) is 0.817. The summed E-state index contributed by atoms with van der Waals surface area (Å²) in [5, 5.41) is 2.63. The van der Waals surface area contributed by atoms with Crippen LogP contribution in [0.3, 0.4) is 0 Å². The lowest BCUT2D eigenvalue weighted by Gasteiger charge is -2.18. The van der Waals surface area contributed by atoms with Crippen molar-refractivity contribution in [2.45, 2.75) is 20.4 Å². The largest absolute Gasteiger partial charge is 0.348 e. The van der Waals surface area contributed by atoms with Gasteiger partial charge >= 0.3 is 0 Å². The van der Waals surface area contributed by atoms with Crippen LogP contribution in [0.15, 0.2) is 42.5 Å². The zero-order chi connectivity index (χ0) is 20.7. The van der Waals surface area contributed by atoms with Crippen LogP contribution < -0.4 is 9.62 Å². The molecule has 2 amide bonds. The number of halogens is 2. The van der Waals surface area contributed by atoms with Gasteiger partial charge < -0.3 is 5.32 Å². The van der Waals surface area contributed by atoms with E-state index in [1.165, 1.54) is 36.4 Å². The summed E-state index contributed by atoms with van der Waals surface area (Å²) in [5.74, 6) is -1.97. The second kappa shape index (κ2) is 7.18. The first kappa shape index (κ1) is 20.3. The average Bonchev–Trinajstić information content (AvgIpc) is 2.77. The molecule has 0 atom stereocenters. The Labute approximate surface area is 167 Å². The lowest BCUT2D eigenvalue weighted by molar-refractivity contribution is -0.123. The standard InChI is InChI=1S/C19H18ClFN2O4S/c1-19(2)11-28(26,27)23(18(19)25)13-7-8-15(20)14(9-13)17(24)22-10-12-5-3-4-6-16(12)21/h3-9H,10-11H2,1-2H3,(H,22,24). The maximum Gasteiger partial charge on any atom is 0.253 e. The minimum absolute atomic E-state index is 0.0109. The smallest absolute Gasteiger partial charge is 0.253 e. The Kier molecular flexibility index (Phi) is 5.20. The number of nitrogens with one attached hydrogen (secondary N) is 1. The van der Waals surface area contributed by atoms with Crippen molar-refractivity contribution in [3.63, 3.8) is 0 Å². The molecule has 0 aromatic heterocycles. The normalized spacial score (nSPS) is 17.6. The lowest BCUT2D eigenvalue weighted by atomic mass is 9.95. The number of sulfonamides is 1. The van der Waals surface area contributed by atoms with Crippen molar-refractivity contribution in [2.75, 3.05) is 10.1 Å². The molecule has 0 unspecified atom stereocenters. The number of anilines is 1. The van der Waals surface area contributed by atoms with E-state index in [9.17, 15) is 22.4 Å². The molecule has 1 N–H and O–H groups in total. The third-order valence-electron chi connectivity index (χ3n) is 4.41. The minimum atomic E-state index is -3.85. The van der Waals surface area contributed by atoms with Crippen molar-refractivity contribution in [1.29, 1.82) is 0 Å². The lowest BCUT2D eigenvalue weighted by Crippen LogP contribution is -2.33. The number of carbonyl (C=O) groups excluding carboxylic acids is 2. The molecule has 9 heteroatoms. The number of amides is 2. The summed E-state index contributed by atoms with van der Waals surface area (Å²) in [6, 6.07) is 9.96. The molecule has 0 saturated carbocycles. The van der Waals surface area contributed by atoms with Crippen molar-refractivity contribution in [3.05, 3.63) is 64.4 Å². The second-order valence-electron chi connectivity index (χ2n) is 7.15. The van der Waals surface area contributed by atoms with E-state index in [4.69, 9.17) is 11.6 Å². The number of rotatable bonds is 4. The van der Waals surface area contributed by atoms with E-state index in [0.29, 0.717) is 9.87 Å². The van der Waals surface area contributed by atoms with Crippen LogP contribution in [-0.2, 0) is 21.4 Å². The fraction of sp³-hybridized carbons (Fsp3) is 0.263. The van der Waals surface area contributed by atoms with Crippen molar-refractivity contribution in [1.82, 2.24) is 5.32 Å². The maximum absolute atomic E-state index is 13.7. The van der Waals surface area contributed by atoms with Crippen molar-refractivity contribution in [2.24, 2.45) is 5.41 Å². The summed E-state index contributed by atoms with van der Waals surface area (Å²) in [5.41, 5.74) is -0.743. The predicted molar refractivity (Wildman–Crippen MR) is 104 cm³/mol. The molecule has 1 aliphatic rings. The zero-order valence-corrected chi connectivity index (χ0v) is 16.8. The van der Waals surface area contributed by atoms with E-state index >= 15 is 0 Å². The molecule has 1 fully saturated rings. The summed E-state index contributed by atoms with van der Waals surface area (Å²) in [6.45, 7) is 3.02. The van der Waals surface area contributed by atoms with Gasteiger partial charge in [-0.25, -0.2) is 17.1 Å². The van der Waals surface area contributed by atoms with Crippen molar-refractivity contribution >= 4 is 39.1 Å². The molecule has 1 heterocycles. The van der Waals surface area contributed by atoms with Crippen molar-refractivity contribution < 1.29 is 22.4 Å². The highest BCUT2D eigenvalue weighted by Gasteiger charge is 2.50. The monoisotopic (exact) mass is 424 g/mol. The summed E-state index contributed by atoms with van der Waals surface area (Å²) in [4.78, 5) is 25.0. The fourth-order valence-corrected chi connectivity index (χ4v) is 5.29. The second-order valence-corrected chi connectivity index (χ2v) is 9.37. The van der Waals surface area contributed by atoms with Crippen LogP contribution in [-0.4, -0.2) is 26.0 Å². The molecule has 2 aromatic carbocycles. The molecule has 3 rings (SSSR count). The van der Waals surface area contributed by atoms with Gasteiger partial charge in [0.05, 0.1) is 27.4 Å². The third-order valence-corrected chi connectivity index (χ3v) is 6.76. The molecule has 0 radical (unpaired) electrons. The highest BCUT2D eigenvalue weighted by molar-refractivity contribution is 7.94. The zero-order valence-electron chi connectivity index (χ0n) is 15.2. The maximum atomic E-state index is 13.7. The highest BCUT2D eigenvalue weighted by Crippen LogP contribution is 2.36. The first-order valence-electron chi connectivity index (χ1n) is 8.41. The first-order chi connectivity index (χ1) is 13.0. The van der Waals surface area contributed by atoms with E-state index < -0.39 is 33.1 Å². The first-order valence-corrected chi connectivity index (χ1v) is 10.4. The topological polar surface area (TPSA) is 83.6 Å². The Bertz CT molecular complexity index is 1070. The van der Waals surface area contributed by atoms with E-state index in [1.54, 1.807) is 19.9 Å². The molecule has 1 saturated heterocycles. The van der Waals surface area contributed by atoms with Gasteiger partial charge in [0.25, 0.3) is 5.91 Å². The molecule has 0 bridgehead atoms. The van der Waals surface area contributed by atoms with Crippen LogP contribution in [0.2, 0.25) is 5.02 Å². The molecule has 6 nitrogen and oxygen atoms in total. The highest BCUT2D eigenvalue weighted by atomic mass is 35.5. The van der Waals surface area contributed by atoms with E-state index in [1.807, 2.05) is 0 Å². The summed E-state index contributed by atoms with van der Waals surface area (Å²) >= 11 is 6.09. The van der Waals surface area contributed by atoms with Gasteiger partial charge in [-0.3, -0.25) is 9.59 Å². The number of hydrogen-bond acceptors (Lipinski definition) is 4. The minimum Gasteiger partial charge on any atom is -0.348 e. The average molecular weight is 425 g/mol. The predicted octanol–water partition coefficient (Wildman–Crippen LogP) is 3.11. The number of benzene rings is 2. The van der Waals surface area contributed by atoms with Gasteiger partial charge in [0.1, 0.15) is 5.82 Å². The van der Waals surface area contributed by atoms with E-state index in [2.05, 4.69) is 5.32 Å². The van der Waals surface area contributed by atoms with Gasteiger partial charge in [-0.15, -0.1) is 0 Å². The Morgan fingerprint density at radius 2 is 1.93 bits per heavy atom. The van der Waals surface area contributed by atoms with Gasteiger partial charge in [0.15, 0.2) is 0 Å². The van der Waals surface area contributed by atoms with Gasteiger partial charge in [-0.1, -0.05) is 29.8 Å². The SMILES string of the molecule is CC1(C)CS(=O)(=O)N(c2ccc(Cl)c(C(=O)NCc3ccccc3F)c2)C1=O. The number of hydrogen-bond donors (Lipinski definition) is 1. The van der Waals surface area contributed by atoms with Crippen LogP contribution in [0.25, 0.3) is 0 Å². The molecular weight excluding hydrogens is 407 g/mol. The van der Waals surface area contributed by atoms with Crippen molar-refractivity contribution in [3.8, 4) is 0 Å². The van der Waals surface area contributed by atoms with E-state index in [-0.39, 0.29) is 28.6 Å². The summed E-state index contributed by atoms with van der Waals surface area (Å²) in [7, 11) is -3.85. The van der Waals surface area contributed by atoms with Crippen LogP contribution in [0.1, 0.15) is 29.8 Å².